The zero-order valence-electron chi connectivity index (χ0n) is 10.3. The number of rotatable bonds is 3. The molecule has 0 aliphatic heterocycles. The monoisotopic (exact) mass is 278 g/mol. The molecule has 3 nitrogen and oxygen atoms in total. The lowest BCUT2D eigenvalue weighted by Crippen LogP contribution is -2.26. The number of carbonyl (C=O) groups excluding carboxylic acids is 1. The average Bonchev–Trinajstić information content (AvgIpc) is 2.75. The van der Waals surface area contributed by atoms with Crippen molar-refractivity contribution in [3.8, 4) is 0 Å². The fourth-order valence-corrected chi connectivity index (χ4v) is 2.83. The van der Waals surface area contributed by atoms with Gasteiger partial charge in [0.25, 0.3) is 5.91 Å². The molecule has 18 heavy (non-hydrogen) atoms. The van der Waals surface area contributed by atoms with Crippen molar-refractivity contribution >= 4 is 29.5 Å². The summed E-state index contributed by atoms with van der Waals surface area (Å²) in [5.41, 5.74) is 1.77. The summed E-state index contributed by atoms with van der Waals surface area (Å²) in [5, 5.41) is 2.04. The molecule has 2 aromatic heterocycles. The van der Waals surface area contributed by atoms with Gasteiger partial charge < -0.3 is 9.88 Å². The maximum Gasteiger partial charge on any atom is 0.256 e. The number of aryl methyl sites for hydroxylation is 1. The lowest BCUT2D eigenvalue weighted by Gasteiger charge is -2.16. The molecule has 0 atom stereocenters. The number of nitrogens with one attached hydrogen (secondary N) is 1. The second kappa shape index (κ2) is 5.46. The molecule has 0 fully saturated rings. The zero-order valence-corrected chi connectivity index (χ0v) is 11.9. The number of aromatic nitrogens is 1. The molecule has 0 aliphatic rings. The third-order valence-electron chi connectivity index (χ3n) is 2.74. The zero-order chi connectivity index (χ0) is 13.1. The molecule has 0 spiro atoms. The molecule has 1 N–H and O–H groups in total. The van der Waals surface area contributed by atoms with Crippen molar-refractivity contribution in [3.63, 3.8) is 0 Å². The van der Waals surface area contributed by atoms with E-state index >= 15 is 0 Å². The van der Waals surface area contributed by atoms with Gasteiger partial charge in [-0.1, -0.05) is 12.2 Å². The summed E-state index contributed by atoms with van der Waals surface area (Å²) < 4.78 is 0.484. The minimum Gasteiger partial charge on any atom is -0.352 e. The molecule has 0 saturated heterocycles. The number of thiophene rings is 1. The van der Waals surface area contributed by atoms with Gasteiger partial charge in [0.1, 0.15) is 4.64 Å². The minimum absolute atomic E-state index is 0.0512. The smallest absolute Gasteiger partial charge is 0.256 e. The van der Waals surface area contributed by atoms with Crippen molar-refractivity contribution in [3.05, 3.63) is 50.4 Å². The molecular weight excluding hydrogens is 264 g/mol. The van der Waals surface area contributed by atoms with Gasteiger partial charge in [-0.2, -0.15) is 0 Å². The summed E-state index contributed by atoms with van der Waals surface area (Å²) >= 11 is 6.79. The Morgan fingerprint density at radius 2 is 2.28 bits per heavy atom. The van der Waals surface area contributed by atoms with Crippen LogP contribution in [0.4, 0.5) is 0 Å². The van der Waals surface area contributed by atoms with Gasteiger partial charge in [-0.3, -0.25) is 4.79 Å². The quantitative estimate of drug-likeness (QED) is 0.874. The number of pyridine rings is 1. The number of nitrogens with zero attached hydrogens (tertiary/aromatic N) is 1. The van der Waals surface area contributed by atoms with Gasteiger partial charge in [0.2, 0.25) is 0 Å². The lowest BCUT2D eigenvalue weighted by molar-refractivity contribution is 0.0785. The molecule has 5 heteroatoms. The average molecular weight is 278 g/mol. The summed E-state index contributed by atoms with van der Waals surface area (Å²) in [4.78, 5) is 18.0. The number of aromatic amines is 1. The SMILES string of the molecule is Cc1ccsc1CN(C)C(=O)c1ccc[nH]c1=S. The van der Waals surface area contributed by atoms with E-state index in [1.165, 1.54) is 10.4 Å². The van der Waals surface area contributed by atoms with E-state index in [-0.39, 0.29) is 5.91 Å². The van der Waals surface area contributed by atoms with E-state index < -0.39 is 0 Å². The third kappa shape index (κ3) is 2.68. The van der Waals surface area contributed by atoms with E-state index in [2.05, 4.69) is 18.0 Å². The van der Waals surface area contributed by atoms with Crippen LogP contribution in [0.15, 0.2) is 29.8 Å². The minimum atomic E-state index is -0.0512. The second-order valence-electron chi connectivity index (χ2n) is 4.10. The van der Waals surface area contributed by atoms with Crippen LogP contribution in [0.25, 0.3) is 0 Å². The Balaban J connectivity index is 2.18. The van der Waals surface area contributed by atoms with Crippen LogP contribution in [0.2, 0.25) is 0 Å². The largest absolute Gasteiger partial charge is 0.352 e. The van der Waals surface area contributed by atoms with Gasteiger partial charge in [0, 0.05) is 18.1 Å². The highest BCUT2D eigenvalue weighted by atomic mass is 32.1. The van der Waals surface area contributed by atoms with Gasteiger partial charge in [-0.15, -0.1) is 11.3 Å². The molecule has 0 radical (unpaired) electrons. The van der Waals surface area contributed by atoms with E-state index in [4.69, 9.17) is 12.2 Å². The van der Waals surface area contributed by atoms with Crippen LogP contribution < -0.4 is 0 Å². The Morgan fingerprint density at radius 3 is 2.89 bits per heavy atom. The van der Waals surface area contributed by atoms with Gasteiger partial charge >= 0.3 is 0 Å². The molecule has 94 valence electrons. The standard InChI is InChI=1S/C13H14N2OS2/c1-9-5-7-18-11(9)8-15(2)13(16)10-4-3-6-14-12(10)17/h3-7H,8H2,1-2H3,(H,14,17). The van der Waals surface area contributed by atoms with Crippen molar-refractivity contribution < 1.29 is 4.79 Å². The topological polar surface area (TPSA) is 36.1 Å². The normalized spacial score (nSPS) is 10.3. The molecule has 0 aliphatic carbocycles. The van der Waals surface area contributed by atoms with Crippen molar-refractivity contribution in [1.82, 2.24) is 9.88 Å². The molecule has 0 unspecified atom stereocenters. The van der Waals surface area contributed by atoms with Crippen LogP contribution in [0, 0.1) is 11.6 Å². The molecule has 0 bridgehead atoms. The Kier molecular flexibility index (Phi) is 3.93. The predicted molar refractivity (Wildman–Crippen MR) is 76.5 cm³/mol. The fraction of sp³-hybridized carbons (Fsp3) is 0.231. The maximum absolute atomic E-state index is 12.2. The van der Waals surface area contributed by atoms with Crippen LogP contribution in [-0.2, 0) is 6.54 Å². The van der Waals surface area contributed by atoms with Crippen molar-refractivity contribution in [2.24, 2.45) is 0 Å². The summed E-state index contributed by atoms with van der Waals surface area (Å²) in [5.74, 6) is -0.0512. The molecule has 2 heterocycles. The fourth-order valence-electron chi connectivity index (χ4n) is 1.65. The van der Waals surface area contributed by atoms with Crippen molar-refractivity contribution in [1.29, 1.82) is 0 Å². The Labute approximate surface area is 115 Å². The Bertz CT molecular complexity index is 615. The summed E-state index contributed by atoms with van der Waals surface area (Å²) in [7, 11) is 1.79. The first-order valence-electron chi connectivity index (χ1n) is 5.55. The number of hydrogen-bond acceptors (Lipinski definition) is 3. The van der Waals surface area contributed by atoms with E-state index in [1.54, 1.807) is 41.6 Å². The van der Waals surface area contributed by atoms with Crippen LogP contribution >= 0.6 is 23.6 Å². The molecule has 2 rings (SSSR count). The molecule has 0 saturated carbocycles. The predicted octanol–water partition coefficient (Wildman–Crippen LogP) is 3.39. The summed E-state index contributed by atoms with van der Waals surface area (Å²) in [6.07, 6.45) is 1.72. The van der Waals surface area contributed by atoms with Crippen molar-refractivity contribution in [2.75, 3.05) is 7.05 Å². The third-order valence-corrected chi connectivity index (χ3v) is 4.09. The highest BCUT2D eigenvalue weighted by Gasteiger charge is 2.14. The maximum atomic E-state index is 12.2. The first-order chi connectivity index (χ1) is 8.59. The van der Waals surface area contributed by atoms with Gasteiger partial charge in [0.15, 0.2) is 0 Å². The first-order valence-corrected chi connectivity index (χ1v) is 6.84. The summed E-state index contributed by atoms with van der Waals surface area (Å²) in [6.45, 7) is 2.67. The van der Waals surface area contributed by atoms with Crippen LogP contribution in [0.1, 0.15) is 20.8 Å². The molecule has 1 amide bonds. The Hall–Kier alpha value is -1.46. The number of hydrogen-bond donors (Lipinski definition) is 1. The highest BCUT2D eigenvalue weighted by Crippen LogP contribution is 2.18. The van der Waals surface area contributed by atoms with Crippen LogP contribution in [0.3, 0.4) is 0 Å². The Morgan fingerprint density at radius 1 is 1.50 bits per heavy atom. The first kappa shape index (κ1) is 13.0. The van der Waals surface area contributed by atoms with E-state index in [1.807, 2.05) is 5.38 Å². The molecular formula is C13H14N2OS2. The van der Waals surface area contributed by atoms with Gasteiger partial charge in [0.05, 0.1) is 12.1 Å². The molecule has 0 aromatic carbocycles. The number of H-pyrrole nitrogens is 1. The lowest BCUT2D eigenvalue weighted by atomic mass is 10.2. The van der Waals surface area contributed by atoms with Crippen LogP contribution in [0.5, 0.6) is 0 Å². The van der Waals surface area contributed by atoms with E-state index in [0.717, 1.165) is 0 Å². The van der Waals surface area contributed by atoms with Gasteiger partial charge in [-0.05, 0) is 36.1 Å². The van der Waals surface area contributed by atoms with E-state index in [9.17, 15) is 4.79 Å². The van der Waals surface area contributed by atoms with E-state index in [0.29, 0.717) is 16.7 Å². The number of carbonyl (C=O) groups is 1. The number of amides is 1. The second-order valence-corrected chi connectivity index (χ2v) is 5.51. The van der Waals surface area contributed by atoms with Gasteiger partial charge in [-0.25, -0.2) is 0 Å². The highest BCUT2D eigenvalue weighted by molar-refractivity contribution is 7.71. The summed E-state index contributed by atoms with van der Waals surface area (Å²) in [6, 6.07) is 5.60. The van der Waals surface area contributed by atoms with Crippen LogP contribution in [-0.4, -0.2) is 22.8 Å². The molecule has 2 aromatic rings. The van der Waals surface area contributed by atoms with Crippen molar-refractivity contribution in [2.45, 2.75) is 13.5 Å².